The Hall–Kier alpha value is -2.05. The zero-order valence-corrected chi connectivity index (χ0v) is 14.3. The van der Waals surface area contributed by atoms with Gasteiger partial charge in [0, 0.05) is 19.3 Å². The van der Waals surface area contributed by atoms with E-state index in [1.807, 2.05) is 27.7 Å². The Balaban J connectivity index is 1.93. The molecule has 23 heavy (non-hydrogen) atoms. The molecule has 7 nitrogen and oxygen atoms in total. The number of hydrogen-bond donors (Lipinski definition) is 1. The van der Waals surface area contributed by atoms with E-state index in [-0.39, 0.29) is 12.2 Å². The Morgan fingerprint density at radius 1 is 1.48 bits per heavy atom. The van der Waals surface area contributed by atoms with Gasteiger partial charge in [-0.25, -0.2) is 9.78 Å². The molecule has 1 saturated heterocycles. The third-order valence-corrected chi connectivity index (χ3v) is 3.29. The van der Waals surface area contributed by atoms with Gasteiger partial charge in [0.2, 0.25) is 0 Å². The standard InChI is InChI=1S/C16H26N4O3/c1-5-17-13-8-9-18-14(19-13)22-12-7-6-10-20(11-12)15(21)23-16(2,3)4/h8-9,12H,5-7,10-11H2,1-4H3,(H,17,18,19)/t12-/m1/s1. The fourth-order valence-corrected chi connectivity index (χ4v) is 2.35. The number of likely N-dealkylation sites (tertiary alicyclic amines) is 1. The molecule has 0 aromatic carbocycles. The molecule has 0 radical (unpaired) electrons. The number of ether oxygens (including phenoxy) is 2. The minimum absolute atomic E-state index is 0.117. The molecule has 1 amide bonds. The first-order chi connectivity index (χ1) is 10.9. The first kappa shape index (κ1) is 17.3. The van der Waals surface area contributed by atoms with Crippen LogP contribution in [0.5, 0.6) is 6.01 Å². The van der Waals surface area contributed by atoms with Crippen LogP contribution in [0.1, 0.15) is 40.5 Å². The van der Waals surface area contributed by atoms with E-state index in [4.69, 9.17) is 9.47 Å². The van der Waals surface area contributed by atoms with Gasteiger partial charge in [-0.2, -0.15) is 4.98 Å². The van der Waals surface area contributed by atoms with E-state index in [0.29, 0.717) is 19.1 Å². The zero-order chi connectivity index (χ0) is 16.9. The maximum absolute atomic E-state index is 12.2. The molecular formula is C16H26N4O3. The molecular weight excluding hydrogens is 296 g/mol. The second kappa shape index (κ2) is 7.48. The van der Waals surface area contributed by atoms with Gasteiger partial charge in [0.25, 0.3) is 0 Å². The van der Waals surface area contributed by atoms with Gasteiger partial charge >= 0.3 is 12.1 Å². The number of nitrogens with one attached hydrogen (secondary N) is 1. The van der Waals surface area contributed by atoms with E-state index >= 15 is 0 Å². The number of anilines is 1. The fourth-order valence-electron chi connectivity index (χ4n) is 2.35. The highest BCUT2D eigenvalue weighted by molar-refractivity contribution is 5.68. The highest BCUT2D eigenvalue weighted by atomic mass is 16.6. The molecule has 1 aliphatic rings. The van der Waals surface area contributed by atoms with E-state index in [1.165, 1.54) is 0 Å². The Labute approximate surface area is 137 Å². The lowest BCUT2D eigenvalue weighted by Gasteiger charge is -2.33. The summed E-state index contributed by atoms with van der Waals surface area (Å²) in [5.74, 6) is 0.734. The van der Waals surface area contributed by atoms with Crippen molar-refractivity contribution in [2.75, 3.05) is 25.0 Å². The summed E-state index contributed by atoms with van der Waals surface area (Å²) in [6.45, 7) is 9.56. The molecule has 1 aromatic rings. The van der Waals surface area contributed by atoms with Crippen molar-refractivity contribution in [2.24, 2.45) is 0 Å². The van der Waals surface area contributed by atoms with Crippen LogP contribution in [0, 0.1) is 0 Å². The van der Waals surface area contributed by atoms with Crippen molar-refractivity contribution in [3.63, 3.8) is 0 Å². The highest BCUT2D eigenvalue weighted by Gasteiger charge is 2.28. The third kappa shape index (κ3) is 5.58. The molecule has 0 unspecified atom stereocenters. The van der Waals surface area contributed by atoms with Crippen molar-refractivity contribution in [3.05, 3.63) is 12.3 Å². The van der Waals surface area contributed by atoms with E-state index in [2.05, 4.69) is 15.3 Å². The molecule has 0 aliphatic carbocycles. The Morgan fingerprint density at radius 3 is 2.96 bits per heavy atom. The lowest BCUT2D eigenvalue weighted by Crippen LogP contribution is -2.46. The number of rotatable bonds is 4. The molecule has 0 saturated carbocycles. The number of piperidine rings is 1. The van der Waals surface area contributed by atoms with Gasteiger partial charge in [0.05, 0.1) is 6.54 Å². The average molecular weight is 322 g/mol. The molecule has 1 atom stereocenters. The maximum atomic E-state index is 12.2. The monoisotopic (exact) mass is 322 g/mol. The predicted molar refractivity (Wildman–Crippen MR) is 87.7 cm³/mol. The molecule has 0 bridgehead atoms. The minimum Gasteiger partial charge on any atom is -0.458 e. The summed E-state index contributed by atoms with van der Waals surface area (Å²) in [5.41, 5.74) is -0.492. The van der Waals surface area contributed by atoms with Gasteiger partial charge in [0.15, 0.2) is 0 Å². The summed E-state index contributed by atoms with van der Waals surface area (Å²) < 4.78 is 11.3. The van der Waals surface area contributed by atoms with Crippen LogP contribution in [-0.2, 0) is 4.74 Å². The summed E-state index contributed by atoms with van der Waals surface area (Å²) in [6.07, 6.45) is 2.99. The first-order valence-corrected chi connectivity index (χ1v) is 8.09. The lowest BCUT2D eigenvalue weighted by molar-refractivity contribution is 0.00662. The van der Waals surface area contributed by atoms with E-state index in [1.54, 1.807) is 17.2 Å². The molecule has 1 N–H and O–H groups in total. The van der Waals surface area contributed by atoms with Crippen LogP contribution in [0.3, 0.4) is 0 Å². The summed E-state index contributed by atoms with van der Waals surface area (Å²) in [6, 6.07) is 2.13. The number of amides is 1. The van der Waals surface area contributed by atoms with Crippen LogP contribution in [-0.4, -0.2) is 52.3 Å². The third-order valence-electron chi connectivity index (χ3n) is 3.29. The normalized spacial score (nSPS) is 18.4. The van der Waals surface area contributed by atoms with Crippen molar-refractivity contribution < 1.29 is 14.3 Å². The minimum atomic E-state index is -0.492. The second-order valence-corrected chi connectivity index (χ2v) is 6.56. The lowest BCUT2D eigenvalue weighted by atomic mass is 10.1. The van der Waals surface area contributed by atoms with Crippen LogP contribution < -0.4 is 10.1 Å². The number of hydrogen-bond acceptors (Lipinski definition) is 6. The van der Waals surface area contributed by atoms with E-state index < -0.39 is 5.60 Å². The highest BCUT2D eigenvalue weighted by Crippen LogP contribution is 2.19. The number of carbonyl (C=O) groups excluding carboxylic acids is 1. The van der Waals surface area contributed by atoms with Crippen molar-refractivity contribution in [1.82, 2.24) is 14.9 Å². The SMILES string of the molecule is CCNc1ccnc(O[C@@H]2CCCN(C(=O)OC(C)(C)C)C2)n1. The van der Waals surface area contributed by atoms with Crippen LogP contribution in [0.25, 0.3) is 0 Å². The quantitative estimate of drug-likeness (QED) is 0.918. The largest absolute Gasteiger partial charge is 0.458 e. The van der Waals surface area contributed by atoms with Crippen LogP contribution in [0.15, 0.2) is 12.3 Å². The number of nitrogens with zero attached hydrogens (tertiary/aromatic N) is 3. The summed E-state index contributed by atoms with van der Waals surface area (Å²) in [5, 5.41) is 3.12. The molecule has 2 rings (SSSR count). The van der Waals surface area contributed by atoms with Gasteiger partial charge < -0.3 is 19.7 Å². The van der Waals surface area contributed by atoms with E-state index in [0.717, 1.165) is 25.2 Å². The summed E-state index contributed by atoms with van der Waals surface area (Å²) in [7, 11) is 0. The Bertz CT molecular complexity index is 530. The molecule has 7 heteroatoms. The molecule has 1 fully saturated rings. The first-order valence-electron chi connectivity index (χ1n) is 8.09. The second-order valence-electron chi connectivity index (χ2n) is 6.56. The van der Waals surface area contributed by atoms with Gasteiger partial charge in [0.1, 0.15) is 17.5 Å². The fraction of sp³-hybridized carbons (Fsp3) is 0.688. The molecule has 128 valence electrons. The van der Waals surface area contributed by atoms with Crippen LogP contribution in [0.4, 0.5) is 10.6 Å². The van der Waals surface area contributed by atoms with Crippen molar-refractivity contribution in [3.8, 4) is 6.01 Å². The van der Waals surface area contributed by atoms with Crippen LogP contribution in [0.2, 0.25) is 0 Å². The molecule has 0 spiro atoms. The van der Waals surface area contributed by atoms with Gasteiger partial charge in [-0.1, -0.05) is 0 Å². The smallest absolute Gasteiger partial charge is 0.410 e. The van der Waals surface area contributed by atoms with Gasteiger partial charge in [-0.15, -0.1) is 0 Å². The van der Waals surface area contributed by atoms with Gasteiger partial charge in [-0.05, 0) is 46.6 Å². The molecule has 2 heterocycles. The summed E-state index contributed by atoms with van der Waals surface area (Å²) >= 11 is 0. The van der Waals surface area contributed by atoms with Crippen molar-refractivity contribution in [2.45, 2.75) is 52.2 Å². The maximum Gasteiger partial charge on any atom is 0.410 e. The Morgan fingerprint density at radius 2 is 2.26 bits per heavy atom. The molecule has 1 aromatic heterocycles. The molecule has 1 aliphatic heterocycles. The van der Waals surface area contributed by atoms with Crippen LogP contribution >= 0.6 is 0 Å². The number of carbonyl (C=O) groups is 1. The summed E-state index contributed by atoms with van der Waals surface area (Å²) in [4.78, 5) is 22.3. The average Bonchev–Trinajstić information content (AvgIpc) is 2.46. The number of aromatic nitrogens is 2. The van der Waals surface area contributed by atoms with E-state index in [9.17, 15) is 4.79 Å². The van der Waals surface area contributed by atoms with Crippen molar-refractivity contribution in [1.29, 1.82) is 0 Å². The van der Waals surface area contributed by atoms with Gasteiger partial charge in [-0.3, -0.25) is 0 Å². The zero-order valence-electron chi connectivity index (χ0n) is 14.3. The Kier molecular flexibility index (Phi) is 5.63. The predicted octanol–water partition coefficient (Wildman–Crippen LogP) is 2.69. The van der Waals surface area contributed by atoms with Crippen molar-refractivity contribution >= 4 is 11.9 Å². The topological polar surface area (TPSA) is 76.6 Å².